The van der Waals surface area contributed by atoms with Crippen LogP contribution < -0.4 is 0 Å². The molecule has 1 heterocycles. The fourth-order valence-corrected chi connectivity index (χ4v) is 1.67. The second-order valence-corrected chi connectivity index (χ2v) is 3.99. The van der Waals surface area contributed by atoms with Gasteiger partial charge in [0, 0.05) is 27.3 Å². The van der Waals surface area contributed by atoms with Crippen LogP contribution in [0.2, 0.25) is 0 Å². The van der Waals surface area contributed by atoms with E-state index >= 15 is 0 Å². The average molecular weight is 240 g/mol. The van der Waals surface area contributed by atoms with Gasteiger partial charge in [0.2, 0.25) is 0 Å². The molecule has 0 radical (unpaired) electrons. The van der Waals surface area contributed by atoms with E-state index in [4.69, 9.17) is 9.26 Å². The Balaban J connectivity index is 2.70. The number of methoxy groups -OCH3 is 1. The lowest BCUT2D eigenvalue weighted by Crippen LogP contribution is -2.29. The Morgan fingerprint density at radius 3 is 2.82 bits per heavy atom. The summed E-state index contributed by atoms with van der Waals surface area (Å²) >= 11 is 0. The van der Waals surface area contributed by atoms with Gasteiger partial charge >= 0.3 is 0 Å². The van der Waals surface area contributed by atoms with E-state index in [0.717, 1.165) is 12.1 Å². The van der Waals surface area contributed by atoms with Crippen molar-refractivity contribution in [2.75, 3.05) is 27.3 Å². The minimum Gasteiger partial charge on any atom is -0.385 e. The van der Waals surface area contributed by atoms with E-state index in [-0.39, 0.29) is 5.91 Å². The Kier molecular flexibility index (Phi) is 5.15. The van der Waals surface area contributed by atoms with Crippen LogP contribution in [0.4, 0.5) is 0 Å². The number of carbonyl (C=O) groups is 1. The highest BCUT2D eigenvalue weighted by Gasteiger charge is 2.21. The largest absolute Gasteiger partial charge is 0.385 e. The van der Waals surface area contributed by atoms with Crippen LogP contribution in [-0.2, 0) is 11.2 Å². The summed E-state index contributed by atoms with van der Waals surface area (Å²) in [6.07, 6.45) is 1.52. The molecule has 0 bridgehead atoms. The Bertz CT molecular complexity index is 374. The molecule has 96 valence electrons. The third-order valence-corrected chi connectivity index (χ3v) is 2.67. The van der Waals surface area contributed by atoms with Crippen LogP contribution in [0.1, 0.15) is 35.2 Å². The fraction of sp³-hybridized carbons (Fsp3) is 0.667. The van der Waals surface area contributed by atoms with E-state index in [9.17, 15) is 4.79 Å². The molecule has 0 unspecified atom stereocenters. The summed E-state index contributed by atoms with van der Waals surface area (Å²) in [5.41, 5.74) is 1.33. The van der Waals surface area contributed by atoms with E-state index in [0.29, 0.717) is 30.9 Å². The number of ether oxygens (including phenoxy) is 1. The van der Waals surface area contributed by atoms with Crippen molar-refractivity contribution in [1.82, 2.24) is 10.1 Å². The highest BCUT2D eigenvalue weighted by atomic mass is 16.5. The number of aromatic nitrogens is 1. The molecule has 0 aliphatic rings. The Hall–Kier alpha value is -1.36. The molecule has 0 atom stereocenters. The molecule has 0 fully saturated rings. The van der Waals surface area contributed by atoms with Crippen LogP contribution in [0.3, 0.4) is 0 Å². The molecule has 5 heteroatoms. The standard InChI is InChI=1S/C12H20N2O3/c1-5-10-11(9(2)17-13-10)12(15)14(3)7-6-8-16-4/h5-8H2,1-4H3. The van der Waals surface area contributed by atoms with Crippen molar-refractivity contribution in [1.29, 1.82) is 0 Å². The highest BCUT2D eigenvalue weighted by molar-refractivity contribution is 5.96. The lowest BCUT2D eigenvalue weighted by atomic mass is 10.1. The maximum absolute atomic E-state index is 12.2. The molecule has 1 aromatic rings. The van der Waals surface area contributed by atoms with E-state index in [1.807, 2.05) is 6.92 Å². The summed E-state index contributed by atoms with van der Waals surface area (Å²) in [6, 6.07) is 0. The first kappa shape index (κ1) is 13.7. The van der Waals surface area contributed by atoms with Gasteiger partial charge < -0.3 is 14.2 Å². The van der Waals surface area contributed by atoms with Gasteiger partial charge in [0.15, 0.2) is 0 Å². The van der Waals surface area contributed by atoms with Crippen LogP contribution in [0.5, 0.6) is 0 Å². The molecule has 0 aliphatic carbocycles. The molecule has 0 aromatic carbocycles. The predicted octanol–water partition coefficient (Wildman–Crippen LogP) is 1.65. The van der Waals surface area contributed by atoms with Gasteiger partial charge in [-0.25, -0.2) is 0 Å². The summed E-state index contributed by atoms with van der Waals surface area (Å²) in [4.78, 5) is 13.9. The van der Waals surface area contributed by atoms with E-state index in [2.05, 4.69) is 5.16 Å². The SMILES string of the molecule is CCc1noc(C)c1C(=O)N(C)CCCOC. The van der Waals surface area contributed by atoms with Crippen LogP contribution in [0.15, 0.2) is 4.52 Å². The summed E-state index contributed by atoms with van der Waals surface area (Å²) < 4.78 is 10.0. The van der Waals surface area contributed by atoms with Crippen molar-refractivity contribution in [2.45, 2.75) is 26.7 Å². The topological polar surface area (TPSA) is 55.6 Å². The minimum absolute atomic E-state index is 0.0308. The number of hydrogen-bond acceptors (Lipinski definition) is 4. The smallest absolute Gasteiger partial charge is 0.259 e. The second-order valence-electron chi connectivity index (χ2n) is 3.99. The van der Waals surface area contributed by atoms with Crippen molar-refractivity contribution in [3.63, 3.8) is 0 Å². The summed E-state index contributed by atoms with van der Waals surface area (Å²) in [5, 5.41) is 3.89. The zero-order valence-electron chi connectivity index (χ0n) is 10.9. The molecule has 17 heavy (non-hydrogen) atoms. The van der Waals surface area contributed by atoms with Gasteiger partial charge in [0.1, 0.15) is 11.3 Å². The quantitative estimate of drug-likeness (QED) is 0.709. The van der Waals surface area contributed by atoms with Crippen molar-refractivity contribution < 1.29 is 14.1 Å². The summed E-state index contributed by atoms with van der Waals surface area (Å²) in [6.45, 7) is 5.04. The molecule has 0 saturated heterocycles. The molecule has 5 nitrogen and oxygen atoms in total. The van der Waals surface area contributed by atoms with E-state index in [1.54, 1.807) is 26.0 Å². The van der Waals surface area contributed by atoms with Crippen molar-refractivity contribution >= 4 is 5.91 Å². The molecular formula is C12H20N2O3. The first-order valence-corrected chi connectivity index (χ1v) is 5.81. The first-order chi connectivity index (χ1) is 8.11. The van der Waals surface area contributed by atoms with Crippen LogP contribution in [0, 0.1) is 6.92 Å². The lowest BCUT2D eigenvalue weighted by Gasteiger charge is -2.16. The molecule has 0 saturated carbocycles. The van der Waals surface area contributed by atoms with Crippen LogP contribution in [-0.4, -0.2) is 43.3 Å². The number of rotatable bonds is 6. The Labute approximate surface area is 102 Å². The summed E-state index contributed by atoms with van der Waals surface area (Å²) in [7, 11) is 3.44. The zero-order chi connectivity index (χ0) is 12.8. The molecule has 1 rings (SSSR count). The van der Waals surface area contributed by atoms with E-state index < -0.39 is 0 Å². The summed E-state index contributed by atoms with van der Waals surface area (Å²) in [5.74, 6) is 0.558. The zero-order valence-corrected chi connectivity index (χ0v) is 10.9. The number of aryl methyl sites for hydroxylation is 2. The number of nitrogens with zero attached hydrogens (tertiary/aromatic N) is 2. The maximum atomic E-state index is 12.2. The van der Waals surface area contributed by atoms with Gasteiger partial charge in [-0.05, 0) is 19.8 Å². The second kappa shape index (κ2) is 6.39. The molecule has 0 aliphatic heterocycles. The molecular weight excluding hydrogens is 220 g/mol. The monoisotopic (exact) mass is 240 g/mol. The number of amides is 1. The van der Waals surface area contributed by atoms with Gasteiger partial charge in [-0.1, -0.05) is 12.1 Å². The Morgan fingerprint density at radius 1 is 1.53 bits per heavy atom. The van der Waals surface area contributed by atoms with E-state index in [1.165, 1.54) is 0 Å². The van der Waals surface area contributed by atoms with Gasteiger partial charge in [-0.3, -0.25) is 4.79 Å². The molecule has 0 spiro atoms. The third kappa shape index (κ3) is 3.30. The number of carbonyl (C=O) groups excluding carboxylic acids is 1. The Morgan fingerprint density at radius 2 is 2.24 bits per heavy atom. The fourth-order valence-electron chi connectivity index (χ4n) is 1.67. The van der Waals surface area contributed by atoms with Gasteiger partial charge in [-0.2, -0.15) is 0 Å². The molecule has 0 N–H and O–H groups in total. The van der Waals surface area contributed by atoms with Crippen molar-refractivity contribution in [2.24, 2.45) is 0 Å². The predicted molar refractivity (Wildman–Crippen MR) is 64.1 cm³/mol. The van der Waals surface area contributed by atoms with Gasteiger partial charge in [0.25, 0.3) is 5.91 Å². The lowest BCUT2D eigenvalue weighted by molar-refractivity contribution is 0.0776. The van der Waals surface area contributed by atoms with Gasteiger partial charge in [0.05, 0.1) is 5.69 Å². The normalized spacial score (nSPS) is 10.6. The van der Waals surface area contributed by atoms with Crippen LogP contribution >= 0.6 is 0 Å². The average Bonchev–Trinajstić information content (AvgIpc) is 2.69. The maximum Gasteiger partial charge on any atom is 0.259 e. The molecule has 1 aromatic heterocycles. The first-order valence-electron chi connectivity index (χ1n) is 5.81. The highest BCUT2D eigenvalue weighted by Crippen LogP contribution is 2.16. The van der Waals surface area contributed by atoms with Crippen molar-refractivity contribution in [3.05, 3.63) is 17.0 Å². The van der Waals surface area contributed by atoms with Crippen molar-refractivity contribution in [3.8, 4) is 0 Å². The molecule has 1 amide bonds. The van der Waals surface area contributed by atoms with Gasteiger partial charge in [-0.15, -0.1) is 0 Å². The number of hydrogen-bond donors (Lipinski definition) is 0. The third-order valence-electron chi connectivity index (χ3n) is 2.67. The van der Waals surface area contributed by atoms with Crippen LogP contribution in [0.25, 0.3) is 0 Å². The minimum atomic E-state index is -0.0308.